The number of carbonyl (C=O) groups excluding carboxylic acids is 1. The summed E-state index contributed by atoms with van der Waals surface area (Å²) in [7, 11) is 1.58. The molecule has 2 N–H and O–H groups in total. The highest BCUT2D eigenvalue weighted by atomic mass is 79.9. The molecular formula is C24H24BrN3O3. The lowest BCUT2D eigenvalue weighted by atomic mass is 10.2. The second-order valence-corrected chi connectivity index (χ2v) is 7.80. The zero-order valence-corrected chi connectivity index (χ0v) is 19.2. The second-order valence-electron chi connectivity index (χ2n) is 6.95. The van der Waals surface area contributed by atoms with Gasteiger partial charge in [0.2, 0.25) is 0 Å². The fourth-order valence-electron chi connectivity index (χ4n) is 2.82. The number of nitrogens with one attached hydrogen (secondary N) is 2. The van der Waals surface area contributed by atoms with Crippen molar-refractivity contribution in [3.05, 3.63) is 87.4 Å². The fraction of sp³-hybridized carbons (Fsp3) is 0.167. The highest BCUT2D eigenvalue weighted by Crippen LogP contribution is 2.36. The van der Waals surface area contributed by atoms with Crippen LogP contribution in [0.25, 0.3) is 0 Å². The number of hydrazone groups is 1. The summed E-state index contributed by atoms with van der Waals surface area (Å²) in [6.45, 7) is 4.39. The average molecular weight is 482 g/mol. The number of nitrogens with zero attached hydrogens (tertiary/aromatic N) is 1. The van der Waals surface area contributed by atoms with Crippen LogP contribution < -0.4 is 20.2 Å². The van der Waals surface area contributed by atoms with Gasteiger partial charge in [-0.15, -0.1) is 0 Å². The average Bonchev–Trinajstić information content (AvgIpc) is 2.75. The smallest absolute Gasteiger partial charge is 0.339 e. The van der Waals surface area contributed by atoms with Crippen LogP contribution in [0.2, 0.25) is 0 Å². The van der Waals surface area contributed by atoms with Gasteiger partial charge in [-0.2, -0.15) is 5.10 Å². The van der Waals surface area contributed by atoms with Gasteiger partial charge in [0.25, 0.3) is 0 Å². The minimum atomic E-state index is -0.422. The maximum Gasteiger partial charge on any atom is 0.339 e. The van der Waals surface area contributed by atoms with Crippen molar-refractivity contribution in [2.45, 2.75) is 20.5 Å². The number of urea groups is 1. The summed E-state index contributed by atoms with van der Waals surface area (Å²) >= 11 is 3.53. The van der Waals surface area contributed by atoms with E-state index in [-0.39, 0.29) is 0 Å². The van der Waals surface area contributed by atoms with E-state index < -0.39 is 6.03 Å². The van der Waals surface area contributed by atoms with E-state index in [0.29, 0.717) is 18.1 Å². The Labute approximate surface area is 190 Å². The van der Waals surface area contributed by atoms with E-state index in [1.807, 2.05) is 68.4 Å². The first-order valence-corrected chi connectivity index (χ1v) is 10.5. The van der Waals surface area contributed by atoms with Crippen LogP contribution in [0.4, 0.5) is 10.5 Å². The normalized spacial score (nSPS) is 10.7. The number of rotatable bonds is 7. The molecule has 0 heterocycles. The van der Waals surface area contributed by atoms with E-state index in [2.05, 4.69) is 31.8 Å². The van der Waals surface area contributed by atoms with Gasteiger partial charge in [-0.3, -0.25) is 0 Å². The van der Waals surface area contributed by atoms with Crippen LogP contribution in [0.1, 0.15) is 22.3 Å². The Balaban J connectivity index is 1.64. The summed E-state index contributed by atoms with van der Waals surface area (Å²) in [6, 6.07) is 18.9. The number of aryl methyl sites for hydroxylation is 2. The largest absolute Gasteiger partial charge is 0.493 e. The van der Waals surface area contributed by atoms with E-state index in [1.165, 1.54) is 11.8 Å². The molecule has 0 unspecified atom stereocenters. The topological polar surface area (TPSA) is 72.0 Å². The van der Waals surface area contributed by atoms with Gasteiger partial charge in [0.05, 0.1) is 17.8 Å². The molecule has 0 saturated heterocycles. The first-order valence-electron chi connectivity index (χ1n) is 9.68. The Morgan fingerprint density at radius 1 is 1.10 bits per heavy atom. The molecule has 0 atom stereocenters. The number of carbonyl (C=O) groups is 1. The van der Waals surface area contributed by atoms with Crippen molar-refractivity contribution in [3.63, 3.8) is 0 Å². The van der Waals surface area contributed by atoms with Gasteiger partial charge in [0, 0.05) is 5.69 Å². The number of ether oxygens (including phenoxy) is 2. The molecule has 0 bridgehead atoms. The van der Waals surface area contributed by atoms with Crippen LogP contribution in [0, 0.1) is 13.8 Å². The van der Waals surface area contributed by atoms with Crippen molar-refractivity contribution < 1.29 is 14.3 Å². The maximum atomic E-state index is 12.1. The molecule has 0 fully saturated rings. The molecule has 0 radical (unpaired) electrons. The summed E-state index contributed by atoms with van der Waals surface area (Å²) in [4.78, 5) is 12.1. The molecule has 0 saturated carbocycles. The van der Waals surface area contributed by atoms with Gasteiger partial charge in [-0.1, -0.05) is 48.0 Å². The number of anilines is 1. The van der Waals surface area contributed by atoms with Gasteiger partial charge in [0.1, 0.15) is 6.61 Å². The van der Waals surface area contributed by atoms with Crippen molar-refractivity contribution in [2.75, 3.05) is 12.4 Å². The number of halogens is 1. The molecular weight excluding hydrogens is 458 g/mol. The number of amides is 2. The van der Waals surface area contributed by atoms with E-state index in [0.717, 1.165) is 26.9 Å². The summed E-state index contributed by atoms with van der Waals surface area (Å²) < 4.78 is 12.2. The molecule has 31 heavy (non-hydrogen) atoms. The number of para-hydroxylation sites is 1. The number of methoxy groups -OCH3 is 1. The van der Waals surface area contributed by atoms with Crippen LogP contribution in [0.3, 0.4) is 0 Å². The Morgan fingerprint density at radius 3 is 2.55 bits per heavy atom. The number of hydrogen-bond acceptors (Lipinski definition) is 4. The molecule has 3 aromatic carbocycles. The Kier molecular flexibility index (Phi) is 7.67. The van der Waals surface area contributed by atoms with E-state index in [1.54, 1.807) is 13.2 Å². The lowest BCUT2D eigenvalue weighted by molar-refractivity contribution is 0.252. The molecule has 0 aliphatic rings. The molecule has 3 rings (SSSR count). The quantitative estimate of drug-likeness (QED) is 0.330. The second kappa shape index (κ2) is 10.6. The zero-order valence-electron chi connectivity index (χ0n) is 17.6. The monoisotopic (exact) mass is 481 g/mol. The molecule has 2 amide bonds. The molecule has 0 aliphatic heterocycles. The van der Waals surface area contributed by atoms with Crippen molar-refractivity contribution in [1.29, 1.82) is 0 Å². The van der Waals surface area contributed by atoms with Crippen LogP contribution >= 0.6 is 15.9 Å². The maximum absolute atomic E-state index is 12.1. The third-order valence-corrected chi connectivity index (χ3v) is 5.12. The zero-order chi connectivity index (χ0) is 22.2. The summed E-state index contributed by atoms with van der Waals surface area (Å²) in [5.74, 6) is 1.16. The number of hydrogen-bond donors (Lipinski definition) is 2. The molecule has 6 nitrogen and oxygen atoms in total. The Morgan fingerprint density at radius 2 is 1.84 bits per heavy atom. The van der Waals surface area contributed by atoms with Crippen molar-refractivity contribution in [2.24, 2.45) is 5.10 Å². The predicted octanol–water partition coefficient (Wildman–Crippen LogP) is 5.81. The van der Waals surface area contributed by atoms with E-state index in [9.17, 15) is 4.79 Å². The Hall–Kier alpha value is -3.32. The molecule has 0 aromatic heterocycles. The van der Waals surface area contributed by atoms with Crippen LogP contribution in [-0.2, 0) is 6.61 Å². The summed E-state index contributed by atoms with van der Waals surface area (Å²) in [6.07, 6.45) is 1.54. The molecule has 0 spiro atoms. The predicted molar refractivity (Wildman–Crippen MR) is 127 cm³/mol. The minimum absolute atomic E-state index is 0.420. The SMILES string of the molecule is COc1cc(C=NNC(=O)Nc2ccccc2C)cc(Br)c1OCc1ccc(C)cc1. The van der Waals surface area contributed by atoms with Crippen molar-refractivity contribution in [3.8, 4) is 11.5 Å². The van der Waals surface area contributed by atoms with E-state index in [4.69, 9.17) is 9.47 Å². The van der Waals surface area contributed by atoms with Crippen LogP contribution in [-0.4, -0.2) is 19.4 Å². The van der Waals surface area contributed by atoms with Crippen LogP contribution in [0.5, 0.6) is 11.5 Å². The van der Waals surface area contributed by atoms with Gasteiger partial charge < -0.3 is 14.8 Å². The highest BCUT2D eigenvalue weighted by Gasteiger charge is 2.12. The van der Waals surface area contributed by atoms with Crippen molar-refractivity contribution in [1.82, 2.24) is 5.43 Å². The summed E-state index contributed by atoms with van der Waals surface area (Å²) in [5.41, 5.74) is 7.17. The van der Waals surface area contributed by atoms with Gasteiger partial charge >= 0.3 is 6.03 Å². The number of benzene rings is 3. The Bertz CT molecular complexity index is 1080. The molecule has 0 aliphatic carbocycles. The third kappa shape index (κ3) is 6.33. The molecule has 7 heteroatoms. The van der Waals surface area contributed by atoms with E-state index >= 15 is 0 Å². The molecule has 3 aromatic rings. The van der Waals surface area contributed by atoms with Crippen molar-refractivity contribution >= 4 is 33.9 Å². The summed E-state index contributed by atoms with van der Waals surface area (Å²) in [5, 5.41) is 6.77. The first kappa shape index (κ1) is 22.4. The molecule has 160 valence electrons. The highest BCUT2D eigenvalue weighted by molar-refractivity contribution is 9.10. The standard InChI is InChI=1S/C24H24BrN3O3/c1-16-8-10-18(11-9-16)15-31-23-20(25)12-19(13-22(23)30-3)14-26-28-24(29)27-21-7-5-4-6-17(21)2/h4-14H,15H2,1-3H3,(H2,27,28,29). The lowest BCUT2D eigenvalue weighted by Gasteiger charge is -2.13. The van der Waals surface area contributed by atoms with Gasteiger partial charge in [-0.05, 0) is 64.7 Å². The third-order valence-electron chi connectivity index (χ3n) is 4.53. The minimum Gasteiger partial charge on any atom is -0.493 e. The van der Waals surface area contributed by atoms with Crippen LogP contribution in [0.15, 0.2) is 70.2 Å². The van der Waals surface area contributed by atoms with Gasteiger partial charge in [0.15, 0.2) is 11.5 Å². The first-order chi connectivity index (χ1) is 15.0. The fourth-order valence-corrected chi connectivity index (χ4v) is 3.40. The lowest BCUT2D eigenvalue weighted by Crippen LogP contribution is -2.24. The van der Waals surface area contributed by atoms with Gasteiger partial charge in [-0.25, -0.2) is 10.2 Å².